The fourth-order valence-corrected chi connectivity index (χ4v) is 3.09. The first-order valence-corrected chi connectivity index (χ1v) is 7.93. The second-order valence-electron chi connectivity index (χ2n) is 6.63. The molecule has 2 unspecified atom stereocenters. The number of rotatable bonds is 4. The zero-order valence-corrected chi connectivity index (χ0v) is 16.0. The lowest BCUT2D eigenvalue weighted by molar-refractivity contribution is 0.00528. The number of nitrogens with two attached hydrogens (primary N) is 1. The van der Waals surface area contributed by atoms with Crippen molar-refractivity contribution >= 4 is 29.9 Å². The van der Waals surface area contributed by atoms with Crippen LogP contribution in [-0.2, 0) is 4.74 Å². The van der Waals surface area contributed by atoms with Gasteiger partial charge in [-0.15, -0.1) is 24.0 Å². The molecule has 2 aliphatic heterocycles. The summed E-state index contributed by atoms with van der Waals surface area (Å²) in [6, 6.07) is 0. The van der Waals surface area contributed by atoms with E-state index in [0.29, 0.717) is 11.9 Å². The molecule has 0 spiro atoms. The van der Waals surface area contributed by atoms with E-state index in [1.807, 2.05) is 0 Å². The number of likely N-dealkylation sites (tertiary alicyclic amines) is 1. The Morgan fingerprint density at radius 1 is 1.33 bits per heavy atom. The van der Waals surface area contributed by atoms with Gasteiger partial charge in [0.15, 0.2) is 5.96 Å². The Hall–Kier alpha value is -0.0800. The minimum absolute atomic E-state index is 0. The van der Waals surface area contributed by atoms with E-state index in [0.717, 1.165) is 32.2 Å². The molecular formula is C15H31IN4O. The number of hydrogen-bond acceptors (Lipinski definition) is 3. The molecular weight excluding hydrogens is 379 g/mol. The highest BCUT2D eigenvalue weighted by Gasteiger charge is 2.23. The zero-order chi connectivity index (χ0) is 14.5. The third-order valence-electron chi connectivity index (χ3n) is 4.07. The van der Waals surface area contributed by atoms with Crippen LogP contribution in [0.5, 0.6) is 0 Å². The molecule has 6 heteroatoms. The Bertz CT molecular complexity index is 338. The van der Waals surface area contributed by atoms with Gasteiger partial charge in [-0.1, -0.05) is 13.8 Å². The molecule has 0 aromatic heterocycles. The van der Waals surface area contributed by atoms with Crippen LogP contribution in [0, 0.1) is 11.8 Å². The molecule has 2 heterocycles. The quantitative estimate of drug-likeness (QED) is 0.435. The lowest BCUT2D eigenvalue weighted by atomic mass is 10.1. The summed E-state index contributed by atoms with van der Waals surface area (Å²) in [5.74, 6) is 2.12. The highest BCUT2D eigenvalue weighted by molar-refractivity contribution is 14.0. The van der Waals surface area contributed by atoms with E-state index < -0.39 is 0 Å². The maximum Gasteiger partial charge on any atom is 0.191 e. The fraction of sp³-hybridized carbons (Fsp3) is 0.933. The summed E-state index contributed by atoms with van der Waals surface area (Å²) in [7, 11) is 0. The summed E-state index contributed by atoms with van der Waals surface area (Å²) in [6.07, 6.45) is 1.51. The second kappa shape index (κ2) is 9.15. The highest BCUT2D eigenvalue weighted by Crippen LogP contribution is 2.17. The molecule has 0 aliphatic carbocycles. The maximum absolute atomic E-state index is 6.11. The predicted molar refractivity (Wildman–Crippen MR) is 98.3 cm³/mol. The standard InChI is InChI=1S/C15H30N4O.HI/c1-12(2)9-18-5-4-14(11-18)8-17-15(16)19-6-7-20-13(3)10-19;/h12-14H,4-11H2,1-3H3,(H2,16,17);1H. The van der Waals surface area contributed by atoms with Crippen LogP contribution in [0.15, 0.2) is 4.99 Å². The highest BCUT2D eigenvalue weighted by atomic mass is 127. The van der Waals surface area contributed by atoms with Gasteiger partial charge in [-0.05, 0) is 31.7 Å². The monoisotopic (exact) mass is 410 g/mol. The summed E-state index contributed by atoms with van der Waals surface area (Å²) < 4.78 is 5.53. The van der Waals surface area contributed by atoms with Gasteiger partial charge >= 0.3 is 0 Å². The molecule has 0 saturated carbocycles. The second-order valence-corrected chi connectivity index (χ2v) is 6.63. The molecule has 2 saturated heterocycles. The molecule has 0 aromatic rings. The average Bonchev–Trinajstić information content (AvgIpc) is 2.82. The van der Waals surface area contributed by atoms with Crippen LogP contribution in [-0.4, -0.2) is 67.7 Å². The van der Waals surface area contributed by atoms with Crippen molar-refractivity contribution in [1.82, 2.24) is 9.80 Å². The van der Waals surface area contributed by atoms with Gasteiger partial charge < -0.3 is 20.3 Å². The van der Waals surface area contributed by atoms with Gasteiger partial charge in [-0.2, -0.15) is 0 Å². The Morgan fingerprint density at radius 2 is 2.10 bits per heavy atom. The van der Waals surface area contributed by atoms with Crippen molar-refractivity contribution in [1.29, 1.82) is 0 Å². The Morgan fingerprint density at radius 3 is 2.76 bits per heavy atom. The van der Waals surface area contributed by atoms with Crippen molar-refractivity contribution in [2.45, 2.75) is 33.3 Å². The van der Waals surface area contributed by atoms with Crippen molar-refractivity contribution in [3.05, 3.63) is 0 Å². The van der Waals surface area contributed by atoms with Crippen LogP contribution < -0.4 is 5.73 Å². The third-order valence-corrected chi connectivity index (χ3v) is 4.07. The number of morpholine rings is 1. The SMILES string of the molecule is CC(C)CN1CCC(CN=C(N)N2CCOC(C)C2)C1.I. The van der Waals surface area contributed by atoms with Crippen molar-refractivity contribution in [2.24, 2.45) is 22.6 Å². The first kappa shape index (κ1) is 19.0. The molecule has 2 fully saturated rings. The number of nitrogens with zero attached hydrogens (tertiary/aromatic N) is 3. The molecule has 21 heavy (non-hydrogen) atoms. The molecule has 0 aromatic carbocycles. The van der Waals surface area contributed by atoms with E-state index in [1.165, 1.54) is 26.1 Å². The lowest BCUT2D eigenvalue weighted by Gasteiger charge is -2.32. The van der Waals surface area contributed by atoms with E-state index in [9.17, 15) is 0 Å². The summed E-state index contributed by atoms with van der Waals surface area (Å²) in [4.78, 5) is 9.32. The van der Waals surface area contributed by atoms with E-state index in [4.69, 9.17) is 10.5 Å². The van der Waals surface area contributed by atoms with Gasteiger partial charge in [-0.3, -0.25) is 4.99 Å². The Labute approximate surface area is 146 Å². The molecule has 2 atom stereocenters. The predicted octanol–water partition coefficient (Wildman–Crippen LogP) is 1.62. The van der Waals surface area contributed by atoms with Crippen LogP contribution >= 0.6 is 24.0 Å². The van der Waals surface area contributed by atoms with Gasteiger partial charge in [0.2, 0.25) is 0 Å². The molecule has 2 N–H and O–H groups in total. The molecule has 0 radical (unpaired) electrons. The van der Waals surface area contributed by atoms with Crippen LogP contribution in [0.1, 0.15) is 27.2 Å². The molecule has 5 nitrogen and oxygen atoms in total. The van der Waals surface area contributed by atoms with Crippen LogP contribution in [0.25, 0.3) is 0 Å². The Balaban J connectivity index is 0.00000220. The number of hydrogen-bond donors (Lipinski definition) is 1. The first-order valence-electron chi connectivity index (χ1n) is 7.93. The van der Waals surface area contributed by atoms with Crippen molar-refractivity contribution in [2.75, 3.05) is 45.9 Å². The number of aliphatic imine (C=N–C) groups is 1. The summed E-state index contributed by atoms with van der Waals surface area (Å²) in [5.41, 5.74) is 6.11. The lowest BCUT2D eigenvalue weighted by Crippen LogP contribution is -2.48. The van der Waals surface area contributed by atoms with Crippen LogP contribution in [0.3, 0.4) is 0 Å². The molecule has 2 rings (SSSR count). The van der Waals surface area contributed by atoms with Crippen molar-refractivity contribution < 1.29 is 4.74 Å². The average molecular weight is 410 g/mol. The topological polar surface area (TPSA) is 54.1 Å². The molecule has 2 aliphatic rings. The van der Waals surface area contributed by atoms with Crippen LogP contribution in [0.2, 0.25) is 0 Å². The van der Waals surface area contributed by atoms with Gasteiger partial charge in [0.25, 0.3) is 0 Å². The fourth-order valence-electron chi connectivity index (χ4n) is 3.09. The number of guanidine groups is 1. The van der Waals surface area contributed by atoms with E-state index >= 15 is 0 Å². The van der Waals surface area contributed by atoms with Crippen molar-refractivity contribution in [3.8, 4) is 0 Å². The minimum Gasteiger partial charge on any atom is -0.375 e. The third kappa shape index (κ3) is 6.28. The van der Waals surface area contributed by atoms with Gasteiger partial charge in [0, 0.05) is 32.7 Å². The van der Waals surface area contributed by atoms with E-state index in [2.05, 4.69) is 35.6 Å². The maximum atomic E-state index is 6.11. The van der Waals surface area contributed by atoms with E-state index in [-0.39, 0.29) is 30.1 Å². The minimum atomic E-state index is 0. The molecule has 0 amide bonds. The van der Waals surface area contributed by atoms with Crippen molar-refractivity contribution in [3.63, 3.8) is 0 Å². The normalized spacial score (nSPS) is 28.0. The van der Waals surface area contributed by atoms with Gasteiger partial charge in [0.05, 0.1) is 12.7 Å². The first-order chi connectivity index (χ1) is 9.54. The van der Waals surface area contributed by atoms with Crippen LogP contribution in [0.4, 0.5) is 0 Å². The summed E-state index contributed by atoms with van der Waals surface area (Å²) in [5, 5.41) is 0. The number of halogens is 1. The zero-order valence-electron chi connectivity index (χ0n) is 13.6. The Kier molecular flexibility index (Phi) is 8.26. The smallest absolute Gasteiger partial charge is 0.191 e. The number of ether oxygens (including phenoxy) is 1. The van der Waals surface area contributed by atoms with E-state index in [1.54, 1.807) is 0 Å². The molecule has 0 bridgehead atoms. The summed E-state index contributed by atoms with van der Waals surface area (Å²) >= 11 is 0. The largest absolute Gasteiger partial charge is 0.375 e. The summed E-state index contributed by atoms with van der Waals surface area (Å²) in [6.45, 7) is 13.6. The molecule has 124 valence electrons. The van der Waals surface area contributed by atoms with Gasteiger partial charge in [-0.25, -0.2) is 0 Å². The van der Waals surface area contributed by atoms with Gasteiger partial charge in [0.1, 0.15) is 0 Å².